The zero-order valence-corrected chi connectivity index (χ0v) is 21.2. The topological polar surface area (TPSA) is 116 Å². The molecule has 3 N–H and O–H groups in total. The lowest BCUT2D eigenvalue weighted by Gasteiger charge is -2.28. The highest BCUT2D eigenvalue weighted by molar-refractivity contribution is 7.88. The van der Waals surface area contributed by atoms with Gasteiger partial charge in [-0.3, -0.25) is 20.2 Å². The summed E-state index contributed by atoms with van der Waals surface area (Å²) in [4.78, 5) is 25.9. The number of carbonyl (C=O) groups excluding carboxylic acids is 2. The van der Waals surface area contributed by atoms with Gasteiger partial charge < -0.3 is 0 Å². The van der Waals surface area contributed by atoms with Crippen LogP contribution in [0.1, 0.15) is 37.8 Å². The van der Waals surface area contributed by atoms with Crippen molar-refractivity contribution in [2.45, 2.75) is 33.1 Å². The van der Waals surface area contributed by atoms with Crippen LogP contribution in [-0.4, -0.2) is 42.7 Å². The summed E-state index contributed by atoms with van der Waals surface area (Å²) < 4.78 is 25.7. The van der Waals surface area contributed by atoms with Gasteiger partial charge in [0.15, 0.2) is 0 Å². The quantitative estimate of drug-likeness (QED) is 0.287. The van der Waals surface area contributed by atoms with Gasteiger partial charge in [-0.25, -0.2) is 13.9 Å². The fourth-order valence-electron chi connectivity index (χ4n) is 3.80. The first kappa shape index (κ1) is 28.2. The van der Waals surface area contributed by atoms with Gasteiger partial charge in [0, 0.05) is 6.54 Å². The maximum absolute atomic E-state index is 13.3. The molecular weight excluding hydrogens is 466 g/mol. The Morgan fingerprint density at radius 2 is 1.57 bits per heavy atom. The monoisotopic (exact) mass is 501 g/mol. The summed E-state index contributed by atoms with van der Waals surface area (Å²) in [7, 11) is -3.76. The lowest BCUT2D eigenvalue weighted by Crippen LogP contribution is -2.51. The molecule has 0 bridgehead atoms. The largest absolute Gasteiger partial charge is 0.289 e. The van der Waals surface area contributed by atoms with Crippen molar-refractivity contribution in [2.24, 2.45) is 17.8 Å². The number of amides is 2. The maximum Gasteiger partial charge on any atom is 0.247 e. The third-order valence-corrected chi connectivity index (χ3v) is 6.65. The summed E-state index contributed by atoms with van der Waals surface area (Å²) in [6.45, 7) is 3.88. The van der Waals surface area contributed by atoms with Crippen molar-refractivity contribution in [1.29, 1.82) is 0 Å². The van der Waals surface area contributed by atoms with Crippen LogP contribution in [0.2, 0.25) is 0 Å². The van der Waals surface area contributed by atoms with E-state index in [9.17, 15) is 23.2 Å². The predicted molar refractivity (Wildman–Crippen MR) is 136 cm³/mol. The molecule has 0 saturated heterocycles. The van der Waals surface area contributed by atoms with Gasteiger partial charge in [-0.05, 0) is 36.3 Å². The average Bonchev–Trinajstić information content (AvgIpc) is 2.83. The Morgan fingerprint density at radius 1 is 0.971 bits per heavy atom. The van der Waals surface area contributed by atoms with Crippen LogP contribution in [0, 0.1) is 17.8 Å². The van der Waals surface area contributed by atoms with E-state index in [1.807, 2.05) is 80.6 Å². The minimum Gasteiger partial charge on any atom is -0.289 e. The highest BCUT2D eigenvalue weighted by atomic mass is 32.2. The second kappa shape index (κ2) is 13.8. The molecule has 0 aromatic heterocycles. The zero-order chi connectivity index (χ0) is 25.8. The second-order valence-electron chi connectivity index (χ2n) is 8.91. The maximum atomic E-state index is 13.3. The summed E-state index contributed by atoms with van der Waals surface area (Å²) in [6.07, 6.45) is 5.57. The standard InChI is InChI=1S/C26H35N3O5S/c1-20(2)19-24(23(26(31)28-32)16-10-15-21-11-6-4-7-12-21)25(30)27-29(35(3,33)34)18-17-22-13-8-5-9-14-22/h4-15,20,23-24,32H,16-19H2,1-3H3,(H,27,30)(H,28,31)/b15-10+/t23-,24+/m0/s1. The average molecular weight is 502 g/mol. The van der Waals surface area contributed by atoms with E-state index in [0.717, 1.165) is 21.8 Å². The van der Waals surface area contributed by atoms with E-state index in [0.29, 0.717) is 12.8 Å². The van der Waals surface area contributed by atoms with Crippen LogP contribution in [0.25, 0.3) is 6.08 Å². The van der Waals surface area contributed by atoms with E-state index >= 15 is 0 Å². The second-order valence-corrected chi connectivity index (χ2v) is 10.8. The van der Waals surface area contributed by atoms with E-state index in [4.69, 9.17) is 0 Å². The molecule has 2 aromatic rings. The number of hydrogen-bond donors (Lipinski definition) is 3. The van der Waals surface area contributed by atoms with Crippen LogP contribution >= 0.6 is 0 Å². The number of hydrazine groups is 1. The smallest absolute Gasteiger partial charge is 0.247 e. The molecule has 2 atom stereocenters. The Kier molecular flexibility index (Phi) is 11.1. The van der Waals surface area contributed by atoms with Crippen molar-refractivity contribution in [3.05, 3.63) is 77.9 Å². The van der Waals surface area contributed by atoms with Crippen LogP contribution in [0.3, 0.4) is 0 Å². The summed E-state index contributed by atoms with van der Waals surface area (Å²) in [5.74, 6) is -2.98. The van der Waals surface area contributed by atoms with Gasteiger partial charge in [-0.15, -0.1) is 4.41 Å². The Bertz CT molecular complexity index is 1070. The third kappa shape index (κ3) is 9.64. The molecule has 9 heteroatoms. The number of hydrogen-bond acceptors (Lipinski definition) is 5. The van der Waals surface area contributed by atoms with Crippen LogP contribution in [0.5, 0.6) is 0 Å². The number of hydroxylamine groups is 1. The summed E-state index contributed by atoms with van der Waals surface area (Å²) in [6, 6.07) is 18.8. The Balaban J connectivity index is 2.23. The normalized spacial score (nSPS) is 13.7. The Morgan fingerprint density at radius 3 is 2.11 bits per heavy atom. The number of nitrogens with zero attached hydrogens (tertiary/aromatic N) is 1. The molecule has 0 fully saturated rings. The predicted octanol–water partition coefficient (Wildman–Crippen LogP) is 3.41. The van der Waals surface area contributed by atoms with Crippen LogP contribution < -0.4 is 10.9 Å². The minimum atomic E-state index is -3.76. The Hall–Kier alpha value is -3.01. The van der Waals surface area contributed by atoms with Gasteiger partial charge in [0.25, 0.3) is 0 Å². The SMILES string of the molecule is CC(C)C[C@@H](C(=O)NN(CCc1ccccc1)S(C)(=O)=O)[C@H](C/C=C/c1ccccc1)C(=O)NO. The fraction of sp³-hybridized carbons (Fsp3) is 0.385. The molecule has 190 valence electrons. The molecule has 0 radical (unpaired) electrons. The molecule has 0 spiro atoms. The van der Waals surface area contributed by atoms with Gasteiger partial charge in [0.1, 0.15) is 0 Å². The molecule has 35 heavy (non-hydrogen) atoms. The van der Waals surface area contributed by atoms with Crippen molar-refractivity contribution in [2.75, 3.05) is 12.8 Å². The van der Waals surface area contributed by atoms with E-state index < -0.39 is 33.7 Å². The molecule has 0 aliphatic rings. The summed E-state index contributed by atoms with van der Waals surface area (Å²) >= 11 is 0. The van der Waals surface area contributed by atoms with Crippen molar-refractivity contribution in [3.63, 3.8) is 0 Å². The van der Waals surface area contributed by atoms with Crippen LogP contribution in [0.4, 0.5) is 0 Å². The summed E-state index contributed by atoms with van der Waals surface area (Å²) in [5.41, 5.74) is 6.05. The molecule has 2 rings (SSSR count). The number of benzene rings is 2. The lowest BCUT2D eigenvalue weighted by molar-refractivity contribution is -0.141. The number of nitrogens with one attached hydrogen (secondary N) is 2. The third-order valence-electron chi connectivity index (χ3n) is 5.58. The van der Waals surface area contributed by atoms with E-state index in [1.54, 1.807) is 11.6 Å². The first-order chi connectivity index (χ1) is 16.6. The van der Waals surface area contributed by atoms with E-state index in [1.165, 1.54) is 0 Å². The van der Waals surface area contributed by atoms with Gasteiger partial charge >= 0.3 is 0 Å². The van der Waals surface area contributed by atoms with E-state index in [-0.39, 0.29) is 18.9 Å². The van der Waals surface area contributed by atoms with Gasteiger partial charge in [-0.1, -0.05) is 86.7 Å². The van der Waals surface area contributed by atoms with Crippen molar-refractivity contribution >= 4 is 27.9 Å². The van der Waals surface area contributed by atoms with Crippen molar-refractivity contribution in [3.8, 4) is 0 Å². The van der Waals surface area contributed by atoms with Crippen LogP contribution in [-0.2, 0) is 26.0 Å². The zero-order valence-electron chi connectivity index (χ0n) is 20.4. The Labute approximate surface area is 208 Å². The minimum absolute atomic E-state index is 0.0494. The first-order valence-corrected chi connectivity index (χ1v) is 13.4. The number of allylic oxidation sites excluding steroid dienone is 1. The molecule has 0 unspecified atom stereocenters. The van der Waals surface area contributed by atoms with Crippen molar-refractivity contribution < 1.29 is 23.2 Å². The molecular formula is C26H35N3O5S. The van der Waals surface area contributed by atoms with Gasteiger partial charge in [0.05, 0.1) is 18.1 Å². The molecule has 0 aliphatic carbocycles. The molecule has 8 nitrogen and oxygen atoms in total. The first-order valence-electron chi connectivity index (χ1n) is 11.6. The van der Waals surface area contributed by atoms with Crippen LogP contribution in [0.15, 0.2) is 66.7 Å². The lowest BCUT2D eigenvalue weighted by atomic mass is 9.82. The molecule has 0 heterocycles. The van der Waals surface area contributed by atoms with E-state index in [2.05, 4.69) is 5.43 Å². The van der Waals surface area contributed by atoms with Crippen molar-refractivity contribution in [1.82, 2.24) is 15.3 Å². The number of sulfonamides is 1. The van der Waals surface area contributed by atoms with Gasteiger partial charge in [0.2, 0.25) is 21.8 Å². The molecule has 0 saturated carbocycles. The highest BCUT2D eigenvalue weighted by Crippen LogP contribution is 2.26. The number of carbonyl (C=O) groups is 2. The molecule has 2 aromatic carbocycles. The molecule has 2 amide bonds. The number of rotatable bonds is 13. The fourth-order valence-corrected chi connectivity index (χ4v) is 4.48. The molecule has 0 aliphatic heterocycles. The highest BCUT2D eigenvalue weighted by Gasteiger charge is 2.35. The van der Waals surface area contributed by atoms with Gasteiger partial charge in [-0.2, -0.15) is 0 Å². The summed E-state index contributed by atoms with van der Waals surface area (Å²) in [5, 5.41) is 9.35.